The molecule has 2 fully saturated rings. The maximum absolute atomic E-state index is 5.84. The first kappa shape index (κ1) is 13.3. The van der Waals surface area contributed by atoms with Gasteiger partial charge in [0.25, 0.3) is 0 Å². The van der Waals surface area contributed by atoms with Crippen molar-refractivity contribution in [2.45, 2.75) is 57.5 Å². The molecular weight excluding hydrogens is 210 g/mol. The van der Waals surface area contributed by atoms with Crippen molar-refractivity contribution in [3.63, 3.8) is 0 Å². The summed E-state index contributed by atoms with van der Waals surface area (Å²) < 4.78 is 0. The second-order valence-electron chi connectivity index (χ2n) is 5.82. The van der Waals surface area contributed by atoms with Gasteiger partial charge >= 0.3 is 0 Å². The minimum Gasteiger partial charge on any atom is -0.330 e. The topological polar surface area (TPSA) is 41.3 Å². The Bertz CT molecular complexity index is 212. The standard InChI is InChI=1S/C14H29N3/c1-2-8-17-9-6-13(7-10-17)16-14-5-3-4-12(14)11-15/h12-14,16H,2-11,15H2,1H3. The van der Waals surface area contributed by atoms with E-state index in [1.54, 1.807) is 0 Å². The highest BCUT2D eigenvalue weighted by Gasteiger charge is 2.29. The van der Waals surface area contributed by atoms with E-state index in [-0.39, 0.29) is 0 Å². The molecule has 0 bridgehead atoms. The Morgan fingerprint density at radius 3 is 2.59 bits per heavy atom. The van der Waals surface area contributed by atoms with Gasteiger partial charge in [-0.15, -0.1) is 0 Å². The maximum atomic E-state index is 5.84. The third-order valence-electron chi connectivity index (χ3n) is 4.54. The van der Waals surface area contributed by atoms with E-state index in [9.17, 15) is 0 Å². The number of likely N-dealkylation sites (tertiary alicyclic amines) is 1. The number of nitrogens with zero attached hydrogens (tertiary/aromatic N) is 1. The molecule has 1 aliphatic carbocycles. The lowest BCUT2D eigenvalue weighted by Crippen LogP contribution is -2.48. The number of nitrogens with two attached hydrogens (primary N) is 1. The van der Waals surface area contributed by atoms with E-state index in [0.29, 0.717) is 6.04 Å². The van der Waals surface area contributed by atoms with Crippen molar-refractivity contribution in [3.05, 3.63) is 0 Å². The molecule has 0 aromatic carbocycles. The number of nitrogens with one attached hydrogen (secondary N) is 1. The van der Waals surface area contributed by atoms with Crippen molar-refractivity contribution in [2.24, 2.45) is 11.7 Å². The van der Waals surface area contributed by atoms with Gasteiger partial charge in [0, 0.05) is 12.1 Å². The zero-order chi connectivity index (χ0) is 12.1. The molecule has 2 rings (SSSR count). The van der Waals surface area contributed by atoms with Gasteiger partial charge < -0.3 is 16.0 Å². The predicted octanol–water partition coefficient (Wildman–Crippen LogP) is 1.58. The van der Waals surface area contributed by atoms with Gasteiger partial charge in [-0.2, -0.15) is 0 Å². The fourth-order valence-corrected chi connectivity index (χ4v) is 3.48. The number of rotatable bonds is 5. The molecule has 2 atom stereocenters. The average Bonchev–Trinajstić information content (AvgIpc) is 2.79. The van der Waals surface area contributed by atoms with Crippen molar-refractivity contribution in [2.75, 3.05) is 26.2 Å². The molecule has 2 aliphatic rings. The van der Waals surface area contributed by atoms with Gasteiger partial charge in [-0.1, -0.05) is 13.3 Å². The van der Waals surface area contributed by atoms with Crippen molar-refractivity contribution in [1.29, 1.82) is 0 Å². The van der Waals surface area contributed by atoms with E-state index in [1.165, 1.54) is 58.2 Å². The minimum absolute atomic E-state index is 0.711. The zero-order valence-corrected chi connectivity index (χ0v) is 11.3. The molecule has 100 valence electrons. The fourth-order valence-electron chi connectivity index (χ4n) is 3.48. The Morgan fingerprint density at radius 1 is 1.18 bits per heavy atom. The summed E-state index contributed by atoms with van der Waals surface area (Å²) in [6, 6.07) is 1.46. The van der Waals surface area contributed by atoms with Gasteiger partial charge in [0.15, 0.2) is 0 Å². The molecule has 1 saturated carbocycles. The molecular formula is C14H29N3. The molecule has 1 saturated heterocycles. The van der Waals surface area contributed by atoms with E-state index >= 15 is 0 Å². The van der Waals surface area contributed by atoms with Crippen LogP contribution in [0, 0.1) is 5.92 Å². The lowest BCUT2D eigenvalue weighted by Gasteiger charge is -2.34. The monoisotopic (exact) mass is 239 g/mol. The zero-order valence-electron chi connectivity index (χ0n) is 11.3. The smallest absolute Gasteiger partial charge is 0.0110 e. The highest BCUT2D eigenvalue weighted by Crippen LogP contribution is 2.26. The molecule has 3 nitrogen and oxygen atoms in total. The van der Waals surface area contributed by atoms with Gasteiger partial charge in [0.2, 0.25) is 0 Å². The Balaban J connectivity index is 1.70. The van der Waals surface area contributed by atoms with Crippen LogP contribution in [0.1, 0.15) is 45.4 Å². The summed E-state index contributed by atoms with van der Waals surface area (Å²) in [5, 5.41) is 3.87. The normalized spacial score (nSPS) is 32.1. The fraction of sp³-hybridized carbons (Fsp3) is 1.00. The van der Waals surface area contributed by atoms with E-state index in [2.05, 4.69) is 17.1 Å². The molecule has 1 heterocycles. The Labute approximate surface area is 106 Å². The molecule has 0 aromatic rings. The predicted molar refractivity (Wildman–Crippen MR) is 73.1 cm³/mol. The van der Waals surface area contributed by atoms with Crippen molar-refractivity contribution in [1.82, 2.24) is 10.2 Å². The quantitative estimate of drug-likeness (QED) is 0.765. The van der Waals surface area contributed by atoms with Crippen LogP contribution in [-0.4, -0.2) is 43.2 Å². The molecule has 17 heavy (non-hydrogen) atoms. The second-order valence-corrected chi connectivity index (χ2v) is 5.82. The molecule has 3 heteroatoms. The van der Waals surface area contributed by atoms with Crippen LogP contribution in [0.25, 0.3) is 0 Å². The van der Waals surface area contributed by atoms with Gasteiger partial charge in [-0.25, -0.2) is 0 Å². The van der Waals surface area contributed by atoms with Crippen molar-refractivity contribution in [3.8, 4) is 0 Å². The first-order chi connectivity index (χ1) is 8.33. The van der Waals surface area contributed by atoms with Crippen LogP contribution in [0.15, 0.2) is 0 Å². The largest absolute Gasteiger partial charge is 0.330 e. The second kappa shape index (κ2) is 6.72. The van der Waals surface area contributed by atoms with E-state index < -0.39 is 0 Å². The van der Waals surface area contributed by atoms with E-state index in [1.807, 2.05) is 0 Å². The summed E-state index contributed by atoms with van der Waals surface area (Å²) in [4.78, 5) is 2.60. The van der Waals surface area contributed by atoms with Crippen LogP contribution in [0.2, 0.25) is 0 Å². The van der Waals surface area contributed by atoms with Gasteiger partial charge in [0.05, 0.1) is 0 Å². The number of hydrogen-bond donors (Lipinski definition) is 2. The molecule has 1 aliphatic heterocycles. The summed E-state index contributed by atoms with van der Waals surface area (Å²) in [6.07, 6.45) is 7.99. The van der Waals surface area contributed by atoms with Crippen molar-refractivity contribution >= 4 is 0 Å². The van der Waals surface area contributed by atoms with Crippen molar-refractivity contribution < 1.29 is 0 Å². The first-order valence-corrected chi connectivity index (χ1v) is 7.52. The van der Waals surface area contributed by atoms with Gasteiger partial charge in [-0.3, -0.25) is 0 Å². The third-order valence-corrected chi connectivity index (χ3v) is 4.54. The summed E-state index contributed by atoms with van der Waals surface area (Å²) in [5.74, 6) is 0.740. The maximum Gasteiger partial charge on any atom is 0.0110 e. The average molecular weight is 239 g/mol. The summed E-state index contributed by atoms with van der Waals surface area (Å²) in [5.41, 5.74) is 5.84. The first-order valence-electron chi connectivity index (χ1n) is 7.52. The van der Waals surface area contributed by atoms with Gasteiger partial charge in [-0.05, 0) is 64.2 Å². The highest BCUT2D eigenvalue weighted by atomic mass is 15.1. The van der Waals surface area contributed by atoms with Crippen LogP contribution in [0.4, 0.5) is 0 Å². The molecule has 0 spiro atoms. The molecule has 0 aromatic heterocycles. The highest BCUT2D eigenvalue weighted by molar-refractivity contribution is 4.88. The van der Waals surface area contributed by atoms with Crippen LogP contribution >= 0.6 is 0 Å². The molecule has 2 unspecified atom stereocenters. The van der Waals surface area contributed by atoms with E-state index in [0.717, 1.165) is 18.5 Å². The summed E-state index contributed by atoms with van der Waals surface area (Å²) in [7, 11) is 0. The van der Waals surface area contributed by atoms with Gasteiger partial charge in [0.1, 0.15) is 0 Å². The lowest BCUT2D eigenvalue weighted by atomic mass is 9.99. The van der Waals surface area contributed by atoms with E-state index in [4.69, 9.17) is 5.73 Å². The van der Waals surface area contributed by atoms with Crippen LogP contribution in [0.5, 0.6) is 0 Å². The lowest BCUT2D eigenvalue weighted by molar-refractivity contribution is 0.185. The molecule has 3 N–H and O–H groups in total. The Morgan fingerprint density at radius 2 is 1.94 bits per heavy atom. The molecule has 0 radical (unpaired) electrons. The summed E-state index contributed by atoms with van der Waals surface area (Å²) in [6.45, 7) is 6.99. The number of hydrogen-bond acceptors (Lipinski definition) is 3. The van der Waals surface area contributed by atoms with Crippen LogP contribution < -0.4 is 11.1 Å². The molecule has 0 amide bonds. The SMILES string of the molecule is CCCN1CCC(NC2CCCC2CN)CC1. The Hall–Kier alpha value is -0.120. The number of piperidine rings is 1. The van der Waals surface area contributed by atoms with Crippen LogP contribution in [-0.2, 0) is 0 Å². The van der Waals surface area contributed by atoms with Crippen LogP contribution in [0.3, 0.4) is 0 Å². The minimum atomic E-state index is 0.711. The Kier molecular flexibility index (Phi) is 5.26. The third kappa shape index (κ3) is 3.67. The summed E-state index contributed by atoms with van der Waals surface area (Å²) >= 11 is 0.